The molecule has 2 heterocycles. The lowest BCUT2D eigenvalue weighted by Crippen LogP contribution is -2.43. The predicted octanol–water partition coefficient (Wildman–Crippen LogP) is 3.47. The van der Waals surface area contributed by atoms with Gasteiger partial charge in [0, 0.05) is 12.2 Å². The van der Waals surface area contributed by atoms with Crippen molar-refractivity contribution < 1.29 is 27.9 Å². The van der Waals surface area contributed by atoms with Crippen LogP contribution in [0.4, 0.5) is 18.9 Å². The summed E-state index contributed by atoms with van der Waals surface area (Å²) >= 11 is 5.71. The average molecular weight is 374 g/mol. The van der Waals surface area contributed by atoms with Crippen molar-refractivity contribution >= 4 is 29.2 Å². The lowest BCUT2D eigenvalue weighted by atomic mass is 10.1. The summed E-state index contributed by atoms with van der Waals surface area (Å²) in [5.41, 5.74) is -1.24. The Morgan fingerprint density at radius 1 is 1.40 bits per heavy atom. The van der Waals surface area contributed by atoms with Gasteiger partial charge in [-0.05, 0) is 25.1 Å². The molecule has 3 rings (SSSR count). The number of benzene rings is 1. The van der Waals surface area contributed by atoms with Gasteiger partial charge in [0.15, 0.2) is 0 Å². The van der Waals surface area contributed by atoms with Crippen LogP contribution in [0.3, 0.4) is 0 Å². The molecule has 2 aromatic rings. The molecule has 132 valence electrons. The van der Waals surface area contributed by atoms with Crippen LogP contribution in [-0.2, 0) is 6.18 Å². The molecule has 0 spiro atoms. The summed E-state index contributed by atoms with van der Waals surface area (Å²) in [6, 6.07) is 2.61. The second-order valence-electron chi connectivity index (χ2n) is 5.58. The second kappa shape index (κ2) is 5.76. The van der Waals surface area contributed by atoms with E-state index in [4.69, 9.17) is 11.6 Å². The van der Waals surface area contributed by atoms with Crippen LogP contribution < -0.4 is 4.90 Å². The summed E-state index contributed by atoms with van der Waals surface area (Å²) in [6.07, 6.45) is -3.53. The highest BCUT2D eigenvalue weighted by atomic mass is 35.5. The number of rotatable bonds is 2. The largest absolute Gasteiger partial charge is 0.478 e. The number of carbonyl (C=O) groups is 2. The standard InChI is InChI=1S/C15H11ClF3N3O3/c1-7-6-21(8-2-3-10(11(16)4-8)15(17,18)19)13(23)12-9(14(24)25)5-20-22(7)12/h2-5,7H,6H2,1H3,(H,24,25)/t7-/m0/s1. The van der Waals surface area contributed by atoms with Crippen molar-refractivity contribution in [1.82, 2.24) is 9.78 Å². The molecule has 1 aromatic heterocycles. The fourth-order valence-corrected chi connectivity index (χ4v) is 3.02. The molecule has 0 bridgehead atoms. The van der Waals surface area contributed by atoms with E-state index in [2.05, 4.69) is 5.10 Å². The molecular weight excluding hydrogens is 363 g/mol. The van der Waals surface area contributed by atoms with Crippen LogP contribution in [0.1, 0.15) is 39.4 Å². The quantitative estimate of drug-likeness (QED) is 0.874. The minimum absolute atomic E-state index is 0.119. The molecule has 1 N–H and O–H groups in total. The third kappa shape index (κ3) is 2.84. The van der Waals surface area contributed by atoms with Crippen molar-refractivity contribution in [2.75, 3.05) is 11.4 Å². The van der Waals surface area contributed by atoms with Crippen molar-refractivity contribution in [3.05, 3.63) is 46.2 Å². The van der Waals surface area contributed by atoms with E-state index in [0.29, 0.717) is 0 Å². The van der Waals surface area contributed by atoms with Gasteiger partial charge in [-0.1, -0.05) is 11.6 Å². The summed E-state index contributed by atoms with van der Waals surface area (Å²) in [5, 5.41) is 12.6. The first-order chi connectivity index (χ1) is 11.6. The van der Waals surface area contributed by atoms with Crippen LogP contribution in [-0.4, -0.2) is 33.3 Å². The molecule has 10 heteroatoms. The molecule has 1 amide bonds. The van der Waals surface area contributed by atoms with Crippen molar-refractivity contribution in [3.8, 4) is 0 Å². The summed E-state index contributed by atoms with van der Waals surface area (Å²) in [4.78, 5) is 25.1. The zero-order chi connectivity index (χ0) is 18.5. The maximum Gasteiger partial charge on any atom is 0.417 e. The maximum atomic E-state index is 12.8. The summed E-state index contributed by atoms with van der Waals surface area (Å²) in [6.45, 7) is 1.83. The van der Waals surface area contributed by atoms with E-state index in [0.717, 1.165) is 24.4 Å². The highest BCUT2D eigenvalue weighted by Crippen LogP contribution is 2.37. The zero-order valence-corrected chi connectivity index (χ0v) is 13.5. The summed E-state index contributed by atoms with van der Waals surface area (Å²) in [5.74, 6) is -1.97. The monoisotopic (exact) mass is 373 g/mol. The average Bonchev–Trinajstić information content (AvgIpc) is 2.95. The van der Waals surface area contributed by atoms with E-state index in [9.17, 15) is 27.9 Å². The van der Waals surface area contributed by atoms with Crippen molar-refractivity contribution in [3.63, 3.8) is 0 Å². The number of carbonyl (C=O) groups excluding carboxylic acids is 1. The van der Waals surface area contributed by atoms with Crippen LogP contribution in [0.25, 0.3) is 0 Å². The van der Waals surface area contributed by atoms with Gasteiger partial charge in [0.05, 0.1) is 22.8 Å². The fraction of sp³-hybridized carbons (Fsp3) is 0.267. The fourth-order valence-electron chi connectivity index (χ4n) is 2.74. The molecule has 0 fully saturated rings. The Bertz CT molecular complexity index is 879. The number of anilines is 1. The second-order valence-corrected chi connectivity index (χ2v) is 5.99. The van der Waals surface area contributed by atoms with Gasteiger partial charge in [-0.2, -0.15) is 18.3 Å². The third-order valence-corrected chi connectivity index (χ3v) is 4.22. The Morgan fingerprint density at radius 3 is 2.64 bits per heavy atom. The number of halogens is 4. The minimum Gasteiger partial charge on any atom is -0.478 e. The van der Waals surface area contributed by atoms with Crippen LogP contribution in [0.15, 0.2) is 24.4 Å². The third-order valence-electron chi connectivity index (χ3n) is 3.91. The molecule has 1 atom stereocenters. The predicted molar refractivity (Wildman–Crippen MR) is 82.0 cm³/mol. The summed E-state index contributed by atoms with van der Waals surface area (Å²) < 4.78 is 39.7. The highest BCUT2D eigenvalue weighted by molar-refractivity contribution is 6.31. The first-order valence-electron chi connectivity index (χ1n) is 7.10. The topological polar surface area (TPSA) is 75.4 Å². The first kappa shape index (κ1) is 17.3. The number of carboxylic acids is 1. The van der Waals surface area contributed by atoms with Crippen LogP contribution >= 0.6 is 11.6 Å². The van der Waals surface area contributed by atoms with Crippen molar-refractivity contribution in [2.24, 2.45) is 0 Å². The minimum atomic E-state index is -4.61. The number of aromatic carboxylic acids is 1. The lowest BCUT2D eigenvalue weighted by Gasteiger charge is -2.32. The Balaban J connectivity index is 2.05. The zero-order valence-electron chi connectivity index (χ0n) is 12.7. The van der Waals surface area contributed by atoms with E-state index in [1.54, 1.807) is 6.92 Å². The van der Waals surface area contributed by atoms with Gasteiger partial charge >= 0.3 is 12.1 Å². The van der Waals surface area contributed by atoms with E-state index >= 15 is 0 Å². The number of hydrogen-bond acceptors (Lipinski definition) is 3. The van der Waals surface area contributed by atoms with Crippen LogP contribution in [0.5, 0.6) is 0 Å². The molecule has 25 heavy (non-hydrogen) atoms. The number of fused-ring (bicyclic) bond motifs is 1. The molecule has 0 unspecified atom stereocenters. The Labute approximate surface area is 144 Å². The number of carboxylic acid groups (broad SMARTS) is 1. The summed E-state index contributed by atoms with van der Waals surface area (Å²) in [7, 11) is 0. The Kier molecular flexibility index (Phi) is 3.98. The molecule has 0 aliphatic carbocycles. The van der Waals surface area contributed by atoms with Gasteiger partial charge in [-0.15, -0.1) is 0 Å². The van der Waals surface area contributed by atoms with E-state index < -0.39 is 28.6 Å². The number of hydrogen-bond donors (Lipinski definition) is 1. The maximum absolute atomic E-state index is 12.8. The SMILES string of the molecule is C[C@H]1CN(c2ccc(C(F)(F)F)c(Cl)c2)C(=O)c2c(C(=O)O)cnn21. The van der Waals surface area contributed by atoms with Gasteiger partial charge in [0.25, 0.3) is 5.91 Å². The smallest absolute Gasteiger partial charge is 0.417 e. The number of nitrogens with zero attached hydrogens (tertiary/aromatic N) is 3. The van der Waals surface area contributed by atoms with Gasteiger partial charge in [-0.25, -0.2) is 4.79 Å². The van der Waals surface area contributed by atoms with Crippen molar-refractivity contribution in [2.45, 2.75) is 19.1 Å². The highest BCUT2D eigenvalue weighted by Gasteiger charge is 2.37. The van der Waals surface area contributed by atoms with Crippen LogP contribution in [0, 0.1) is 0 Å². The molecule has 0 saturated heterocycles. The van der Waals surface area contributed by atoms with Gasteiger partial charge in [-0.3, -0.25) is 9.48 Å². The molecule has 1 aromatic carbocycles. The van der Waals surface area contributed by atoms with Gasteiger partial charge < -0.3 is 10.0 Å². The molecule has 1 aliphatic rings. The van der Waals surface area contributed by atoms with Gasteiger partial charge in [0.2, 0.25) is 0 Å². The number of aromatic nitrogens is 2. The normalized spacial score (nSPS) is 17.6. The first-order valence-corrected chi connectivity index (χ1v) is 7.48. The molecule has 0 radical (unpaired) electrons. The van der Waals surface area contributed by atoms with Gasteiger partial charge in [0.1, 0.15) is 11.3 Å². The molecule has 1 aliphatic heterocycles. The Hall–Kier alpha value is -2.55. The molecular formula is C15H11ClF3N3O3. The number of alkyl halides is 3. The van der Waals surface area contributed by atoms with E-state index in [-0.39, 0.29) is 29.5 Å². The number of amides is 1. The van der Waals surface area contributed by atoms with Crippen LogP contribution in [0.2, 0.25) is 5.02 Å². The van der Waals surface area contributed by atoms with E-state index in [1.165, 1.54) is 9.58 Å². The lowest BCUT2D eigenvalue weighted by molar-refractivity contribution is -0.137. The Morgan fingerprint density at radius 2 is 2.08 bits per heavy atom. The molecule has 0 saturated carbocycles. The van der Waals surface area contributed by atoms with Crippen molar-refractivity contribution in [1.29, 1.82) is 0 Å². The van der Waals surface area contributed by atoms with E-state index in [1.807, 2.05) is 0 Å². The molecule has 6 nitrogen and oxygen atoms in total.